The summed E-state index contributed by atoms with van der Waals surface area (Å²) in [6.45, 7) is 4.71. The van der Waals surface area contributed by atoms with Crippen LogP contribution in [-0.4, -0.2) is 12.7 Å². The molecule has 1 nitrogen and oxygen atoms in total. The van der Waals surface area contributed by atoms with Crippen LogP contribution in [0.5, 0.6) is 0 Å². The molecule has 0 saturated heterocycles. The van der Waals surface area contributed by atoms with E-state index in [0.717, 1.165) is 12.0 Å². The van der Waals surface area contributed by atoms with Crippen molar-refractivity contribution < 1.29 is 4.74 Å². The summed E-state index contributed by atoms with van der Waals surface area (Å²) in [5, 5.41) is 1.42. The normalized spacial score (nSPS) is 12.9. The molecule has 0 aliphatic heterocycles. The van der Waals surface area contributed by atoms with E-state index in [1.165, 1.54) is 0 Å². The number of benzene rings is 1. The molecule has 1 rings (SSSR count). The Bertz CT molecular complexity index is 279. The molecule has 0 aliphatic rings. The maximum atomic E-state index is 6.03. The second kappa shape index (κ2) is 5.59. The van der Waals surface area contributed by atoms with Gasteiger partial charge in [-0.3, -0.25) is 0 Å². The van der Waals surface area contributed by atoms with E-state index in [2.05, 4.69) is 0 Å². The fourth-order valence-electron chi connectivity index (χ4n) is 1.36. The van der Waals surface area contributed by atoms with E-state index in [-0.39, 0.29) is 6.10 Å². The summed E-state index contributed by atoms with van der Waals surface area (Å²) in [5.74, 6) is 0. The first-order valence-corrected chi connectivity index (χ1v) is 5.45. The smallest absolute Gasteiger partial charge is 0.0588 e. The largest absolute Gasteiger partial charge is 0.378 e. The molecule has 0 N–H and O–H groups in total. The molecule has 1 aromatic carbocycles. The predicted molar refractivity (Wildman–Crippen MR) is 61.3 cm³/mol. The van der Waals surface area contributed by atoms with Crippen molar-refractivity contribution in [3.05, 3.63) is 33.8 Å². The lowest BCUT2D eigenvalue weighted by atomic mass is 10.1. The van der Waals surface area contributed by atoms with Gasteiger partial charge in [0.25, 0.3) is 0 Å². The molecule has 0 aliphatic carbocycles. The van der Waals surface area contributed by atoms with Crippen molar-refractivity contribution >= 4 is 23.2 Å². The van der Waals surface area contributed by atoms with Crippen LogP contribution in [0.2, 0.25) is 10.0 Å². The third kappa shape index (κ3) is 3.16. The van der Waals surface area contributed by atoms with Crippen LogP contribution in [-0.2, 0) is 11.2 Å². The molecule has 0 bridgehead atoms. The van der Waals surface area contributed by atoms with E-state index in [0.29, 0.717) is 16.7 Å². The SMILES string of the molecule is CCOC(C)Cc1c(Cl)cccc1Cl. The van der Waals surface area contributed by atoms with Crippen LogP contribution in [0.15, 0.2) is 18.2 Å². The highest BCUT2D eigenvalue weighted by Crippen LogP contribution is 2.25. The molecule has 0 aromatic heterocycles. The Morgan fingerprint density at radius 3 is 2.36 bits per heavy atom. The van der Waals surface area contributed by atoms with E-state index < -0.39 is 0 Å². The van der Waals surface area contributed by atoms with Gasteiger partial charge < -0.3 is 4.74 Å². The highest BCUT2D eigenvalue weighted by Gasteiger charge is 2.09. The van der Waals surface area contributed by atoms with Crippen molar-refractivity contribution in [2.45, 2.75) is 26.4 Å². The quantitative estimate of drug-likeness (QED) is 0.764. The number of rotatable bonds is 4. The summed E-state index contributed by atoms with van der Waals surface area (Å²) in [4.78, 5) is 0. The van der Waals surface area contributed by atoms with Crippen molar-refractivity contribution in [1.82, 2.24) is 0 Å². The van der Waals surface area contributed by atoms with Gasteiger partial charge in [0.1, 0.15) is 0 Å². The summed E-state index contributed by atoms with van der Waals surface area (Å²) in [5.41, 5.74) is 0.969. The second-order valence-corrected chi connectivity index (χ2v) is 3.98. The van der Waals surface area contributed by atoms with E-state index in [1.54, 1.807) is 0 Å². The molecule has 1 aromatic rings. The van der Waals surface area contributed by atoms with Gasteiger partial charge in [-0.1, -0.05) is 29.3 Å². The second-order valence-electron chi connectivity index (χ2n) is 3.17. The highest BCUT2D eigenvalue weighted by atomic mass is 35.5. The fourth-order valence-corrected chi connectivity index (χ4v) is 1.91. The Kier molecular flexibility index (Phi) is 4.73. The first-order chi connectivity index (χ1) is 6.65. The van der Waals surface area contributed by atoms with Crippen LogP contribution in [0.4, 0.5) is 0 Å². The average molecular weight is 233 g/mol. The summed E-state index contributed by atoms with van der Waals surface area (Å²) in [7, 11) is 0. The summed E-state index contributed by atoms with van der Waals surface area (Å²) < 4.78 is 5.44. The molecular weight excluding hydrogens is 219 g/mol. The average Bonchev–Trinajstić information content (AvgIpc) is 2.12. The van der Waals surface area contributed by atoms with Gasteiger partial charge in [-0.2, -0.15) is 0 Å². The number of ether oxygens (including phenoxy) is 1. The Balaban J connectivity index is 2.75. The number of halogens is 2. The maximum absolute atomic E-state index is 6.03. The van der Waals surface area contributed by atoms with Crippen LogP contribution < -0.4 is 0 Å². The zero-order valence-electron chi connectivity index (χ0n) is 8.39. The lowest BCUT2D eigenvalue weighted by Gasteiger charge is -2.13. The van der Waals surface area contributed by atoms with Crippen LogP contribution in [0.1, 0.15) is 19.4 Å². The summed E-state index contributed by atoms with van der Waals surface area (Å²) in [6, 6.07) is 5.54. The van der Waals surface area contributed by atoms with Crippen LogP contribution in [0.25, 0.3) is 0 Å². The van der Waals surface area contributed by atoms with Gasteiger partial charge in [0.2, 0.25) is 0 Å². The van der Waals surface area contributed by atoms with Crippen molar-refractivity contribution in [3.8, 4) is 0 Å². The Hall–Kier alpha value is -0.240. The molecule has 0 radical (unpaired) electrons. The van der Waals surface area contributed by atoms with E-state index in [9.17, 15) is 0 Å². The predicted octanol–water partition coefficient (Wildman–Crippen LogP) is 3.96. The van der Waals surface area contributed by atoms with Crippen molar-refractivity contribution in [2.24, 2.45) is 0 Å². The van der Waals surface area contributed by atoms with Crippen molar-refractivity contribution in [2.75, 3.05) is 6.61 Å². The van der Waals surface area contributed by atoms with Gasteiger partial charge >= 0.3 is 0 Å². The van der Waals surface area contributed by atoms with Crippen molar-refractivity contribution in [3.63, 3.8) is 0 Å². The molecule has 78 valence electrons. The molecule has 0 heterocycles. The molecular formula is C11H14Cl2O. The van der Waals surface area contributed by atoms with Gasteiger partial charge in [-0.05, 0) is 31.5 Å². The number of hydrogen-bond acceptors (Lipinski definition) is 1. The van der Waals surface area contributed by atoms with Gasteiger partial charge in [0.05, 0.1) is 6.10 Å². The van der Waals surface area contributed by atoms with E-state index in [4.69, 9.17) is 27.9 Å². The van der Waals surface area contributed by atoms with Gasteiger partial charge in [-0.25, -0.2) is 0 Å². The minimum atomic E-state index is 0.150. The first-order valence-electron chi connectivity index (χ1n) is 4.69. The van der Waals surface area contributed by atoms with Gasteiger partial charge in [0, 0.05) is 23.1 Å². The molecule has 3 heteroatoms. The summed E-state index contributed by atoms with van der Waals surface area (Å²) in [6.07, 6.45) is 0.907. The van der Waals surface area contributed by atoms with Crippen LogP contribution in [0, 0.1) is 0 Å². The molecule has 14 heavy (non-hydrogen) atoms. The summed E-state index contributed by atoms with van der Waals surface area (Å²) >= 11 is 12.1. The van der Waals surface area contributed by atoms with Crippen LogP contribution >= 0.6 is 23.2 Å². The molecule has 0 fully saturated rings. The van der Waals surface area contributed by atoms with Crippen LogP contribution in [0.3, 0.4) is 0 Å². The van der Waals surface area contributed by atoms with E-state index in [1.807, 2.05) is 32.0 Å². The molecule has 1 atom stereocenters. The minimum absolute atomic E-state index is 0.150. The maximum Gasteiger partial charge on any atom is 0.0588 e. The molecule has 0 saturated carbocycles. The Morgan fingerprint density at radius 2 is 1.86 bits per heavy atom. The zero-order chi connectivity index (χ0) is 10.6. The molecule has 0 amide bonds. The Labute approximate surface area is 95.0 Å². The topological polar surface area (TPSA) is 9.23 Å². The fraction of sp³-hybridized carbons (Fsp3) is 0.455. The van der Waals surface area contributed by atoms with Gasteiger partial charge in [-0.15, -0.1) is 0 Å². The lowest BCUT2D eigenvalue weighted by molar-refractivity contribution is 0.0768. The monoisotopic (exact) mass is 232 g/mol. The Morgan fingerprint density at radius 1 is 1.29 bits per heavy atom. The van der Waals surface area contributed by atoms with E-state index >= 15 is 0 Å². The third-order valence-electron chi connectivity index (χ3n) is 2.00. The first kappa shape index (κ1) is 11.8. The highest BCUT2D eigenvalue weighted by molar-refractivity contribution is 6.35. The minimum Gasteiger partial charge on any atom is -0.378 e. The zero-order valence-corrected chi connectivity index (χ0v) is 9.90. The van der Waals surface area contributed by atoms with Crippen molar-refractivity contribution in [1.29, 1.82) is 0 Å². The number of hydrogen-bond donors (Lipinski definition) is 0. The third-order valence-corrected chi connectivity index (χ3v) is 2.71. The lowest BCUT2D eigenvalue weighted by Crippen LogP contribution is -2.11. The molecule has 0 spiro atoms. The molecule has 1 unspecified atom stereocenters. The standard InChI is InChI=1S/C11H14Cl2O/c1-3-14-8(2)7-9-10(12)5-4-6-11(9)13/h4-6,8H,3,7H2,1-2H3. The van der Waals surface area contributed by atoms with Gasteiger partial charge in [0.15, 0.2) is 0 Å².